The van der Waals surface area contributed by atoms with Crippen LogP contribution in [0, 0.1) is 0 Å². The van der Waals surface area contributed by atoms with Crippen LogP contribution in [0.2, 0.25) is 0 Å². The minimum absolute atomic E-state index is 0.305. The van der Waals surface area contributed by atoms with E-state index in [1.807, 2.05) is 18.2 Å². The molecular formula is C18H19NO2. The smallest absolute Gasteiger partial charge is 0.120 e. The molecule has 0 saturated heterocycles. The summed E-state index contributed by atoms with van der Waals surface area (Å²) < 4.78 is 7.84. The van der Waals surface area contributed by atoms with Crippen molar-refractivity contribution in [3.05, 3.63) is 60.3 Å². The minimum Gasteiger partial charge on any atom is -0.508 e. The van der Waals surface area contributed by atoms with Crippen LogP contribution < -0.4 is 4.74 Å². The van der Waals surface area contributed by atoms with Crippen molar-refractivity contribution in [3.63, 3.8) is 0 Å². The summed E-state index contributed by atoms with van der Waals surface area (Å²) in [6.45, 7) is 3.59. The molecule has 0 aliphatic heterocycles. The first-order valence-corrected chi connectivity index (χ1v) is 7.26. The fourth-order valence-electron chi connectivity index (χ4n) is 2.48. The molecule has 3 rings (SSSR count). The van der Waals surface area contributed by atoms with Gasteiger partial charge in [-0.05, 0) is 48.4 Å². The van der Waals surface area contributed by atoms with E-state index in [1.54, 1.807) is 12.1 Å². The van der Waals surface area contributed by atoms with E-state index in [1.165, 1.54) is 10.9 Å². The predicted octanol–water partition coefficient (Wildman–Crippen LogP) is 4.18. The van der Waals surface area contributed by atoms with Gasteiger partial charge in [-0.1, -0.05) is 19.1 Å². The zero-order valence-electron chi connectivity index (χ0n) is 12.1. The summed E-state index contributed by atoms with van der Waals surface area (Å²) in [6.07, 6.45) is 3.08. The topological polar surface area (TPSA) is 34.4 Å². The van der Waals surface area contributed by atoms with Gasteiger partial charge in [-0.25, -0.2) is 0 Å². The van der Waals surface area contributed by atoms with E-state index in [0.717, 1.165) is 30.9 Å². The second kappa shape index (κ2) is 5.92. The quantitative estimate of drug-likeness (QED) is 0.761. The molecule has 1 aromatic heterocycles. The Morgan fingerprint density at radius 3 is 2.81 bits per heavy atom. The fraction of sp³-hybridized carbons (Fsp3) is 0.222. The van der Waals surface area contributed by atoms with Crippen LogP contribution in [0.3, 0.4) is 0 Å². The number of phenolic OH excluding ortho intramolecular Hbond substituents is 1. The fourth-order valence-corrected chi connectivity index (χ4v) is 2.48. The minimum atomic E-state index is 0.305. The third-order valence-corrected chi connectivity index (χ3v) is 3.48. The van der Waals surface area contributed by atoms with Crippen LogP contribution in [0.4, 0.5) is 0 Å². The number of phenols is 1. The Kier molecular flexibility index (Phi) is 3.82. The lowest BCUT2D eigenvalue weighted by Gasteiger charge is -2.08. The van der Waals surface area contributed by atoms with Crippen molar-refractivity contribution in [2.75, 3.05) is 6.61 Å². The van der Waals surface area contributed by atoms with Crippen LogP contribution in [0.1, 0.15) is 18.9 Å². The molecule has 21 heavy (non-hydrogen) atoms. The van der Waals surface area contributed by atoms with Gasteiger partial charge in [-0.15, -0.1) is 0 Å². The molecule has 108 valence electrons. The van der Waals surface area contributed by atoms with E-state index in [2.05, 4.69) is 35.9 Å². The number of ether oxygens (including phenoxy) is 1. The molecular weight excluding hydrogens is 262 g/mol. The first-order chi connectivity index (χ1) is 10.3. The van der Waals surface area contributed by atoms with Crippen LogP contribution in [0.25, 0.3) is 10.9 Å². The lowest BCUT2D eigenvalue weighted by molar-refractivity contribution is 0.318. The molecule has 0 bridgehead atoms. The van der Waals surface area contributed by atoms with Gasteiger partial charge in [0.15, 0.2) is 0 Å². The summed E-state index contributed by atoms with van der Waals surface area (Å²) in [5, 5.41) is 10.7. The lowest BCUT2D eigenvalue weighted by Crippen LogP contribution is -1.98. The van der Waals surface area contributed by atoms with Crippen molar-refractivity contribution in [2.24, 2.45) is 0 Å². The molecule has 0 radical (unpaired) electrons. The standard InChI is InChI=1S/C18H19NO2/c1-2-10-21-17-6-7-18-15(12-17)8-9-19(18)13-14-4-3-5-16(20)11-14/h3-9,11-12,20H,2,10,13H2,1H3. The molecule has 0 unspecified atom stereocenters. The third-order valence-electron chi connectivity index (χ3n) is 3.48. The highest BCUT2D eigenvalue weighted by Crippen LogP contribution is 2.23. The molecule has 0 spiro atoms. The molecule has 0 fully saturated rings. The number of nitrogens with zero attached hydrogens (tertiary/aromatic N) is 1. The van der Waals surface area contributed by atoms with Gasteiger partial charge in [-0.2, -0.15) is 0 Å². The number of fused-ring (bicyclic) bond motifs is 1. The third kappa shape index (κ3) is 3.02. The summed E-state index contributed by atoms with van der Waals surface area (Å²) >= 11 is 0. The Morgan fingerprint density at radius 2 is 2.00 bits per heavy atom. The van der Waals surface area contributed by atoms with Crippen molar-refractivity contribution in [1.82, 2.24) is 4.57 Å². The number of benzene rings is 2. The van der Waals surface area contributed by atoms with E-state index in [9.17, 15) is 5.11 Å². The van der Waals surface area contributed by atoms with Crippen molar-refractivity contribution in [1.29, 1.82) is 0 Å². The zero-order chi connectivity index (χ0) is 14.7. The van der Waals surface area contributed by atoms with Gasteiger partial charge < -0.3 is 14.4 Å². The van der Waals surface area contributed by atoms with Crippen LogP contribution >= 0.6 is 0 Å². The average molecular weight is 281 g/mol. The number of aromatic nitrogens is 1. The average Bonchev–Trinajstić information content (AvgIpc) is 2.87. The number of hydrogen-bond donors (Lipinski definition) is 1. The second-order valence-electron chi connectivity index (χ2n) is 5.18. The molecule has 0 aliphatic rings. The Bertz CT molecular complexity index is 746. The van der Waals surface area contributed by atoms with Crippen LogP contribution in [0.5, 0.6) is 11.5 Å². The summed E-state index contributed by atoms with van der Waals surface area (Å²) in [7, 11) is 0. The summed E-state index contributed by atoms with van der Waals surface area (Å²) in [4.78, 5) is 0. The van der Waals surface area contributed by atoms with E-state index >= 15 is 0 Å². The van der Waals surface area contributed by atoms with Gasteiger partial charge in [0.25, 0.3) is 0 Å². The van der Waals surface area contributed by atoms with Gasteiger partial charge in [0.05, 0.1) is 6.61 Å². The number of hydrogen-bond acceptors (Lipinski definition) is 2. The molecule has 2 aromatic carbocycles. The van der Waals surface area contributed by atoms with Crippen LogP contribution in [-0.2, 0) is 6.54 Å². The van der Waals surface area contributed by atoms with Crippen molar-refractivity contribution < 1.29 is 9.84 Å². The van der Waals surface area contributed by atoms with E-state index in [4.69, 9.17) is 4.74 Å². The normalized spacial score (nSPS) is 10.9. The van der Waals surface area contributed by atoms with Gasteiger partial charge in [0.2, 0.25) is 0 Å². The van der Waals surface area contributed by atoms with Crippen molar-refractivity contribution >= 4 is 10.9 Å². The molecule has 1 heterocycles. The van der Waals surface area contributed by atoms with Crippen molar-refractivity contribution in [3.8, 4) is 11.5 Å². The molecule has 3 nitrogen and oxygen atoms in total. The molecule has 3 heteroatoms. The highest BCUT2D eigenvalue weighted by Gasteiger charge is 2.04. The van der Waals surface area contributed by atoms with Gasteiger partial charge in [0, 0.05) is 23.6 Å². The van der Waals surface area contributed by atoms with Crippen molar-refractivity contribution in [2.45, 2.75) is 19.9 Å². The Balaban J connectivity index is 1.86. The van der Waals surface area contributed by atoms with Crippen LogP contribution in [-0.4, -0.2) is 16.3 Å². The highest BCUT2D eigenvalue weighted by molar-refractivity contribution is 5.81. The number of aromatic hydroxyl groups is 1. The summed E-state index contributed by atoms with van der Waals surface area (Å²) in [5.41, 5.74) is 2.25. The van der Waals surface area contributed by atoms with E-state index in [-0.39, 0.29) is 0 Å². The maximum absolute atomic E-state index is 9.55. The first-order valence-electron chi connectivity index (χ1n) is 7.26. The summed E-state index contributed by atoms with van der Waals surface area (Å²) in [6, 6.07) is 15.6. The monoisotopic (exact) mass is 281 g/mol. The SMILES string of the molecule is CCCOc1ccc2c(ccn2Cc2cccc(O)c2)c1. The molecule has 0 amide bonds. The maximum Gasteiger partial charge on any atom is 0.120 e. The van der Waals surface area contributed by atoms with Crippen LogP contribution in [0.15, 0.2) is 54.7 Å². The lowest BCUT2D eigenvalue weighted by atomic mass is 10.2. The Labute approximate surface area is 124 Å². The predicted molar refractivity (Wildman–Crippen MR) is 84.9 cm³/mol. The molecule has 1 N–H and O–H groups in total. The largest absolute Gasteiger partial charge is 0.508 e. The molecule has 0 atom stereocenters. The highest BCUT2D eigenvalue weighted by atomic mass is 16.5. The molecule has 3 aromatic rings. The maximum atomic E-state index is 9.55. The zero-order valence-corrected chi connectivity index (χ0v) is 12.1. The summed E-state index contributed by atoms with van der Waals surface area (Å²) in [5.74, 6) is 1.22. The number of rotatable bonds is 5. The Morgan fingerprint density at radius 1 is 1.10 bits per heavy atom. The molecule has 0 aliphatic carbocycles. The second-order valence-corrected chi connectivity index (χ2v) is 5.18. The Hall–Kier alpha value is -2.42. The first kappa shape index (κ1) is 13.6. The van der Waals surface area contributed by atoms with E-state index in [0.29, 0.717) is 5.75 Å². The van der Waals surface area contributed by atoms with Gasteiger partial charge in [-0.3, -0.25) is 0 Å². The van der Waals surface area contributed by atoms with E-state index < -0.39 is 0 Å². The van der Waals surface area contributed by atoms with Gasteiger partial charge >= 0.3 is 0 Å². The van der Waals surface area contributed by atoms with Gasteiger partial charge in [0.1, 0.15) is 11.5 Å². The molecule has 0 saturated carbocycles.